The van der Waals surface area contributed by atoms with Crippen molar-refractivity contribution in [1.82, 2.24) is 19.7 Å². The number of pyridine rings is 1. The van der Waals surface area contributed by atoms with E-state index in [1.807, 2.05) is 47.9 Å². The third kappa shape index (κ3) is 4.08. The highest BCUT2D eigenvalue weighted by Gasteiger charge is 2.14. The van der Waals surface area contributed by atoms with E-state index in [9.17, 15) is 5.21 Å². The molecule has 0 saturated heterocycles. The molecule has 128 valence electrons. The van der Waals surface area contributed by atoms with Crippen molar-refractivity contribution >= 4 is 33.4 Å². The first-order valence-corrected chi connectivity index (χ1v) is 9.44. The Morgan fingerprint density at radius 3 is 2.52 bits per heavy atom. The number of benzene rings is 1. The Morgan fingerprint density at radius 1 is 1.16 bits per heavy atom. The molecule has 0 spiro atoms. The fourth-order valence-electron chi connectivity index (χ4n) is 2.34. The summed E-state index contributed by atoms with van der Waals surface area (Å²) in [5.74, 6) is 1.30. The van der Waals surface area contributed by atoms with E-state index in [0.29, 0.717) is 11.5 Å². The third-order valence-electron chi connectivity index (χ3n) is 3.61. The van der Waals surface area contributed by atoms with Gasteiger partial charge in [0.2, 0.25) is 0 Å². The number of nitrogens with zero attached hydrogens (tertiary/aromatic N) is 5. The van der Waals surface area contributed by atoms with Crippen LogP contribution in [0.25, 0.3) is 11.4 Å². The molecule has 2 heterocycles. The Morgan fingerprint density at radius 2 is 1.88 bits per heavy atom. The van der Waals surface area contributed by atoms with Gasteiger partial charge in [-0.1, -0.05) is 45.0 Å². The summed E-state index contributed by atoms with van der Waals surface area (Å²) in [5, 5.41) is 22.2. The van der Waals surface area contributed by atoms with E-state index in [-0.39, 0.29) is 0 Å². The van der Waals surface area contributed by atoms with Crippen LogP contribution in [0, 0.1) is 0 Å². The predicted octanol–water partition coefficient (Wildman–Crippen LogP) is 4.09. The lowest BCUT2D eigenvalue weighted by Gasteiger charge is -2.08. The van der Waals surface area contributed by atoms with Crippen LogP contribution in [0.2, 0.25) is 0 Å². The molecule has 0 aliphatic carbocycles. The molecule has 25 heavy (non-hydrogen) atoms. The molecule has 3 aromatic rings. The van der Waals surface area contributed by atoms with Crippen molar-refractivity contribution in [2.75, 3.05) is 5.75 Å². The zero-order valence-corrected chi connectivity index (χ0v) is 15.9. The first kappa shape index (κ1) is 17.6. The van der Waals surface area contributed by atoms with E-state index in [1.165, 1.54) is 11.8 Å². The van der Waals surface area contributed by atoms with Crippen LogP contribution in [0.5, 0.6) is 0 Å². The van der Waals surface area contributed by atoms with E-state index >= 15 is 0 Å². The molecule has 0 fully saturated rings. The average Bonchev–Trinajstić information content (AvgIpc) is 3.07. The second kappa shape index (κ2) is 8.26. The standard InChI is InChI=1S/C17H16BrN5OS/c1-2-23-16(13-7-9-19-10-8-13)20-21-17(23)25-11-15(22-24)12-3-5-14(18)6-4-12/h3-10,24H,2,11H2,1H3/b22-15-. The molecule has 0 amide bonds. The minimum Gasteiger partial charge on any atom is -0.411 e. The molecule has 3 rings (SSSR count). The van der Waals surface area contributed by atoms with E-state index in [2.05, 4.69) is 36.3 Å². The summed E-state index contributed by atoms with van der Waals surface area (Å²) in [6, 6.07) is 11.5. The summed E-state index contributed by atoms with van der Waals surface area (Å²) in [4.78, 5) is 4.03. The highest BCUT2D eigenvalue weighted by molar-refractivity contribution is 9.10. The summed E-state index contributed by atoms with van der Waals surface area (Å²) in [6.45, 7) is 2.80. The first-order chi connectivity index (χ1) is 12.2. The second-order valence-electron chi connectivity index (χ2n) is 5.13. The topological polar surface area (TPSA) is 76.2 Å². The Balaban J connectivity index is 1.79. The lowest BCUT2D eigenvalue weighted by atomic mass is 10.1. The SMILES string of the molecule is CCn1c(SC/C(=N/O)c2ccc(Br)cc2)nnc1-c1ccncc1. The Bertz CT molecular complexity index is 865. The van der Waals surface area contributed by atoms with Gasteiger partial charge in [0.1, 0.15) is 0 Å². The van der Waals surface area contributed by atoms with Gasteiger partial charge in [-0.25, -0.2) is 0 Å². The summed E-state index contributed by atoms with van der Waals surface area (Å²) < 4.78 is 3.02. The smallest absolute Gasteiger partial charge is 0.191 e. The molecular formula is C17H16BrN5OS. The van der Waals surface area contributed by atoms with Gasteiger partial charge in [-0.05, 0) is 31.2 Å². The van der Waals surface area contributed by atoms with E-state index in [1.54, 1.807) is 12.4 Å². The van der Waals surface area contributed by atoms with Crippen LogP contribution in [-0.2, 0) is 6.54 Å². The van der Waals surface area contributed by atoms with Gasteiger partial charge in [-0.15, -0.1) is 10.2 Å². The lowest BCUT2D eigenvalue weighted by molar-refractivity contribution is 0.319. The molecule has 0 atom stereocenters. The van der Waals surface area contributed by atoms with Crippen LogP contribution >= 0.6 is 27.7 Å². The van der Waals surface area contributed by atoms with Gasteiger partial charge in [0.05, 0.1) is 5.71 Å². The minimum absolute atomic E-state index is 0.493. The maximum atomic E-state index is 9.35. The monoisotopic (exact) mass is 417 g/mol. The number of hydrogen-bond acceptors (Lipinski definition) is 6. The van der Waals surface area contributed by atoms with Crippen molar-refractivity contribution in [2.45, 2.75) is 18.6 Å². The number of oxime groups is 1. The Hall–Kier alpha value is -2.19. The Labute approximate surface area is 158 Å². The number of hydrogen-bond donors (Lipinski definition) is 1. The number of aromatic nitrogens is 4. The quantitative estimate of drug-likeness (QED) is 0.282. The predicted molar refractivity (Wildman–Crippen MR) is 102 cm³/mol. The van der Waals surface area contributed by atoms with Crippen molar-refractivity contribution in [3.63, 3.8) is 0 Å². The number of thioether (sulfide) groups is 1. The number of rotatable bonds is 6. The molecule has 0 unspecified atom stereocenters. The lowest BCUT2D eigenvalue weighted by Crippen LogP contribution is -2.06. The zero-order chi connectivity index (χ0) is 17.6. The molecule has 0 aliphatic rings. The van der Waals surface area contributed by atoms with E-state index < -0.39 is 0 Å². The van der Waals surface area contributed by atoms with Crippen LogP contribution in [0.1, 0.15) is 12.5 Å². The molecule has 1 aromatic carbocycles. The molecule has 0 radical (unpaired) electrons. The highest BCUT2D eigenvalue weighted by Crippen LogP contribution is 2.24. The summed E-state index contributed by atoms with van der Waals surface area (Å²) in [5.41, 5.74) is 2.43. The van der Waals surface area contributed by atoms with Crippen LogP contribution < -0.4 is 0 Å². The molecule has 2 aromatic heterocycles. The summed E-state index contributed by atoms with van der Waals surface area (Å²) >= 11 is 4.89. The minimum atomic E-state index is 0.493. The number of halogens is 1. The van der Waals surface area contributed by atoms with E-state index in [4.69, 9.17) is 0 Å². The van der Waals surface area contributed by atoms with Crippen molar-refractivity contribution in [3.05, 3.63) is 58.8 Å². The van der Waals surface area contributed by atoms with Crippen LogP contribution in [-0.4, -0.2) is 36.4 Å². The normalized spacial score (nSPS) is 11.7. The fraction of sp³-hybridized carbons (Fsp3) is 0.176. The van der Waals surface area contributed by atoms with Crippen LogP contribution in [0.3, 0.4) is 0 Å². The van der Waals surface area contributed by atoms with Crippen LogP contribution in [0.4, 0.5) is 0 Å². The van der Waals surface area contributed by atoms with Crippen molar-refractivity contribution < 1.29 is 5.21 Å². The van der Waals surface area contributed by atoms with Gasteiger partial charge in [-0.2, -0.15) is 0 Å². The van der Waals surface area contributed by atoms with E-state index in [0.717, 1.165) is 33.1 Å². The first-order valence-electron chi connectivity index (χ1n) is 7.66. The van der Waals surface area contributed by atoms with Crippen LogP contribution in [0.15, 0.2) is 63.6 Å². The highest BCUT2D eigenvalue weighted by atomic mass is 79.9. The fourth-order valence-corrected chi connectivity index (χ4v) is 3.56. The molecule has 0 bridgehead atoms. The molecular weight excluding hydrogens is 402 g/mol. The van der Waals surface area contributed by atoms with Gasteiger partial charge in [-0.3, -0.25) is 4.98 Å². The van der Waals surface area contributed by atoms with Gasteiger partial charge in [0.25, 0.3) is 0 Å². The van der Waals surface area contributed by atoms with Crippen molar-refractivity contribution in [1.29, 1.82) is 0 Å². The van der Waals surface area contributed by atoms with Gasteiger partial charge in [0.15, 0.2) is 11.0 Å². The third-order valence-corrected chi connectivity index (χ3v) is 5.11. The maximum Gasteiger partial charge on any atom is 0.191 e. The van der Waals surface area contributed by atoms with Crippen molar-refractivity contribution in [3.8, 4) is 11.4 Å². The largest absolute Gasteiger partial charge is 0.411 e. The average molecular weight is 418 g/mol. The molecule has 1 N–H and O–H groups in total. The van der Waals surface area contributed by atoms with Gasteiger partial charge >= 0.3 is 0 Å². The molecule has 0 aliphatic heterocycles. The Kier molecular flexibility index (Phi) is 5.83. The zero-order valence-electron chi connectivity index (χ0n) is 13.5. The summed E-state index contributed by atoms with van der Waals surface area (Å²) in [7, 11) is 0. The molecule has 8 heteroatoms. The van der Waals surface area contributed by atoms with Crippen molar-refractivity contribution in [2.24, 2.45) is 5.16 Å². The maximum absolute atomic E-state index is 9.35. The van der Waals surface area contributed by atoms with Gasteiger partial charge in [0, 0.05) is 40.3 Å². The molecule has 6 nitrogen and oxygen atoms in total. The summed E-state index contributed by atoms with van der Waals surface area (Å²) in [6.07, 6.45) is 3.47. The molecule has 0 saturated carbocycles. The van der Waals surface area contributed by atoms with Gasteiger partial charge < -0.3 is 9.77 Å². The second-order valence-corrected chi connectivity index (χ2v) is 6.99.